The van der Waals surface area contributed by atoms with Crippen molar-refractivity contribution in [3.63, 3.8) is 0 Å². The van der Waals surface area contributed by atoms with Gasteiger partial charge in [-0.2, -0.15) is 0 Å². The largest absolute Gasteiger partial charge is 0.494 e. The van der Waals surface area contributed by atoms with Crippen LogP contribution in [0.3, 0.4) is 0 Å². The topological polar surface area (TPSA) is 97.1 Å². The van der Waals surface area contributed by atoms with E-state index in [0.717, 1.165) is 6.08 Å². The van der Waals surface area contributed by atoms with E-state index in [4.69, 9.17) is 18.9 Å². The predicted octanol–water partition coefficient (Wildman–Crippen LogP) is 3.23. The van der Waals surface area contributed by atoms with Gasteiger partial charge in [-0.1, -0.05) is 6.07 Å². The summed E-state index contributed by atoms with van der Waals surface area (Å²) in [4.78, 5) is 22.4. The molecule has 0 N–H and O–H groups in total. The van der Waals surface area contributed by atoms with Crippen LogP contribution in [0.25, 0.3) is 6.08 Å². The van der Waals surface area contributed by atoms with Crippen LogP contribution in [0.4, 0.5) is 10.1 Å². The van der Waals surface area contributed by atoms with Crippen molar-refractivity contribution in [1.29, 1.82) is 0 Å². The molecule has 0 spiro atoms. The molecule has 0 fully saturated rings. The van der Waals surface area contributed by atoms with E-state index in [1.54, 1.807) is 6.07 Å². The minimum atomic E-state index is -0.738. The lowest BCUT2D eigenvalue weighted by Gasteiger charge is -2.05. The fraction of sp³-hybridized carbons (Fsp3) is 0.167. The molecule has 0 aromatic heterocycles. The van der Waals surface area contributed by atoms with Gasteiger partial charge in [-0.15, -0.1) is 0 Å². The second-order valence-electron chi connectivity index (χ2n) is 5.43. The number of halogens is 1. The fourth-order valence-corrected chi connectivity index (χ4v) is 2.40. The molecule has 1 aliphatic heterocycles. The summed E-state index contributed by atoms with van der Waals surface area (Å²) in [6, 6.07) is 6.81. The van der Waals surface area contributed by atoms with Gasteiger partial charge in [0, 0.05) is 6.08 Å². The average Bonchev–Trinajstić information content (AvgIpc) is 3.11. The quantitative estimate of drug-likeness (QED) is 0.331. The molecule has 140 valence electrons. The van der Waals surface area contributed by atoms with Crippen LogP contribution in [0.2, 0.25) is 0 Å². The van der Waals surface area contributed by atoms with Crippen LogP contribution in [0.1, 0.15) is 11.1 Å². The molecule has 2 aromatic rings. The lowest BCUT2D eigenvalue weighted by molar-refractivity contribution is -0.385. The molecule has 0 bridgehead atoms. The number of benzene rings is 2. The Labute approximate surface area is 152 Å². The van der Waals surface area contributed by atoms with E-state index in [0.29, 0.717) is 11.3 Å². The number of nitro groups is 1. The maximum absolute atomic E-state index is 13.6. The standard InChI is InChI=1S/C18H14FNO7/c1-24-15-4-2-11(6-13(15)19)9-25-18(21)5-3-12-7-16-17(27-10-26-16)8-14(12)20(22)23/h2-8H,9-10H2,1H3/b5-3+. The summed E-state index contributed by atoms with van der Waals surface area (Å²) in [6.45, 7) is -0.187. The third-order valence-electron chi connectivity index (χ3n) is 3.71. The zero-order valence-electron chi connectivity index (χ0n) is 14.1. The number of rotatable bonds is 6. The summed E-state index contributed by atoms with van der Waals surface area (Å²) in [5.74, 6) is -0.610. The first kappa shape index (κ1) is 18.2. The average molecular weight is 375 g/mol. The predicted molar refractivity (Wildman–Crippen MR) is 91.0 cm³/mol. The molecule has 0 saturated carbocycles. The van der Waals surface area contributed by atoms with Crippen LogP contribution in [-0.4, -0.2) is 24.8 Å². The van der Waals surface area contributed by atoms with Crippen LogP contribution < -0.4 is 14.2 Å². The number of esters is 1. The van der Waals surface area contributed by atoms with Gasteiger partial charge in [-0.3, -0.25) is 10.1 Å². The SMILES string of the molecule is COc1ccc(COC(=O)/C=C/c2cc3c(cc2[N+](=O)[O-])OCO3)cc1F. The number of ether oxygens (including phenoxy) is 4. The normalized spacial score (nSPS) is 12.2. The molecule has 2 aromatic carbocycles. The second kappa shape index (κ2) is 7.73. The summed E-state index contributed by atoms with van der Waals surface area (Å²) in [5.41, 5.74) is 0.362. The van der Waals surface area contributed by atoms with Crippen molar-refractivity contribution in [1.82, 2.24) is 0 Å². The van der Waals surface area contributed by atoms with E-state index in [9.17, 15) is 19.3 Å². The van der Waals surface area contributed by atoms with E-state index in [-0.39, 0.29) is 36.1 Å². The van der Waals surface area contributed by atoms with Crippen molar-refractivity contribution in [3.05, 3.63) is 63.5 Å². The molecule has 0 radical (unpaired) electrons. The minimum Gasteiger partial charge on any atom is -0.494 e. The van der Waals surface area contributed by atoms with Crippen molar-refractivity contribution in [2.75, 3.05) is 13.9 Å². The van der Waals surface area contributed by atoms with Gasteiger partial charge in [0.15, 0.2) is 23.1 Å². The van der Waals surface area contributed by atoms with E-state index >= 15 is 0 Å². The van der Waals surface area contributed by atoms with Crippen LogP contribution >= 0.6 is 0 Å². The lowest BCUT2D eigenvalue weighted by atomic mass is 10.1. The number of carbonyl (C=O) groups excluding carboxylic acids is 1. The maximum atomic E-state index is 13.6. The first-order chi connectivity index (χ1) is 13.0. The zero-order chi connectivity index (χ0) is 19.4. The van der Waals surface area contributed by atoms with Crippen molar-refractivity contribution < 1.29 is 33.1 Å². The number of carbonyl (C=O) groups is 1. The Bertz CT molecular complexity index is 926. The van der Waals surface area contributed by atoms with Gasteiger partial charge in [0.2, 0.25) is 6.79 Å². The Morgan fingerprint density at radius 2 is 2.04 bits per heavy atom. The second-order valence-corrected chi connectivity index (χ2v) is 5.43. The number of nitro benzene ring substituents is 1. The van der Waals surface area contributed by atoms with E-state index < -0.39 is 16.7 Å². The van der Waals surface area contributed by atoms with Crippen molar-refractivity contribution in [2.24, 2.45) is 0 Å². The third kappa shape index (κ3) is 4.14. The van der Waals surface area contributed by atoms with Crippen LogP contribution in [0.5, 0.6) is 17.2 Å². The molecular weight excluding hydrogens is 361 g/mol. The number of fused-ring (bicyclic) bond motifs is 1. The highest BCUT2D eigenvalue weighted by atomic mass is 19.1. The minimum absolute atomic E-state index is 0.0277. The highest BCUT2D eigenvalue weighted by Gasteiger charge is 2.22. The number of methoxy groups -OCH3 is 1. The van der Waals surface area contributed by atoms with Crippen LogP contribution in [0.15, 0.2) is 36.4 Å². The number of hydrogen-bond donors (Lipinski definition) is 0. The Morgan fingerprint density at radius 3 is 2.70 bits per heavy atom. The molecule has 1 aliphatic rings. The first-order valence-electron chi connectivity index (χ1n) is 7.73. The highest BCUT2D eigenvalue weighted by molar-refractivity contribution is 5.88. The Kier molecular flexibility index (Phi) is 5.20. The maximum Gasteiger partial charge on any atom is 0.331 e. The summed E-state index contributed by atoms with van der Waals surface area (Å²) in [6.07, 6.45) is 2.29. The van der Waals surface area contributed by atoms with Gasteiger partial charge in [-0.05, 0) is 29.8 Å². The molecule has 27 heavy (non-hydrogen) atoms. The van der Waals surface area contributed by atoms with Gasteiger partial charge < -0.3 is 18.9 Å². The lowest BCUT2D eigenvalue weighted by Crippen LogP contribution is -2.01. The number of nitrogens with zero attached hydrogens (tertiary/aromatic N) is 1. The van der Waals surface area contributed by atoms with Crippen molar-refractivity contribution >= 4 is 17.7 Å². The Balaban J connectivity index is 1.68. The Morgan fingerprint density at radius 1 is 1.30 bits per heavy atom. The van der Waals surface area contributed by atoms with Gasteiger partial charge >= 0.3 is 5.97 Å². The van der Waals surface area contributed by atoms with Crippen LogP contribution in [-0.2, 0) is 16.1 Å². The molecule has 9 heteroatoms. The van der Waals surface area contributed by atoms with Gasteiger partial charge in [0.05, 0.1) is 23.7 Å². The Hall–Kier alpha value is -3.62. The third-order valence-corrected chi connectivity index (χ3v) is 3.71. The summed E-state index contributed by atoms with van der Waals surface area (Å²) < 4.78 is 33.7. The summed E-state index contributed by atoms with van der Waals surface area (Å²) >= 11 is 0. The molecule has 8 nitrogen and oxygen atoms in total. The molecule has 0 atom stereocenters. The highest BCUT2D eigenvalue weighted by Crippen LogP contribution is 2.38. The molecule has 0 amide bonds. The monoisotopic (exact) mass is 375 g/mol. The van der Waals surface area contributed by atoms with Crippen molar-refractivity contribution in [3.8, 4) is 17.2 Å². The fourth-order valence-electron chi connectivity index (χ4n) is 2.40. The molecule has 1 heterocycles. The van der Waals surface area contributed by atoms with E-state index in [1.165, 1.54) is 37.5 Å². The number of hydrogen-bond acceptors (Lipinski definition) is 7. The molecule has 0 unspecified atom stereocenters. The smallest absolute Gasteiger partial charge is 0.331 e. The first-order valence-corrected chi connectivity index (χ1v) is 7.73. The summed E-state index contributed by atoms with van der Waals surface area (Å²) in [7, 11) is 1.35. The molecule has 3 rings (SSSR count). The summed E-state index contributed by atoms with van der Waals surface area (Å²) in [5, 5.41) is 11.2. The molecular formula is C18H14FNO7. The zero-order valence-corrected chi connectivity index (χ0v) is 14.1. The van der Waals surface area contributed by atoms with Gasteiger partial charge in [0.1, 0.15) is 6.61 Å². The van der Waals surface area contributed by atoms with Gasteiger partial charge in [0.25, 0.3) is 5.69 Å². The molecule has 0 aliphatic carbocycles. The van der Waals surface area contributed by atoms with Crippen molar-refractivity contribution in [2.45, 2.75) is 6.61 Å². The van der Waals surface area contributed by atoms with E-state index in [1.807, 2.05) is 0 Å². The molecule has 0 saturated heterocycles. The van der Waals surface area contributed by atoms with Crippen LogP contribution in [0, 0.1) is 15.9 Å². The van der Waals surface area contributed by atoms with E-state index in [2.05, 4.69) is 0 Å². The van der Waals surface area contributed by atoms with Gasteiger partial charge in [-0.25, -0.2) is 9.18 Å².